The fourth-order valence-corrected chi connectivity index (χ4v) is 3.15. The molecule has 0 spiro atoms. The monoisotopic (exact) mass is 319 g/mol. The van der Waals surface area contributed by atoms with E-state index in [-0.39, 0.29) is 5.28 Å². The lowest BCUT2D eigenvalue weighted by Gasteiger charge is -2.11. The molecule has 0 aliphatic heterocycles. The molecule has 1 N–H and O–H groups in total. The molecule has 3 aromatic rings. The first-order chi connectivity index (χ1) is 10.3. The Bertz CT molecular complexity index is 760. The molecule has 6 heteroatoms. The zero-order valence-corrected chi connectivity index (χ0v) is 13.0. The van der Waals surface area contributed by atoms with Crippen LogP contribution in [-0.2, 0) is 17.9 Å². The predicted molar refractivity (Wildman–Crippen MR) is 86.9 cm³/mol. The smallest absolute Gasteiger partial charge is 0.225 e. The number of ether oxygens (including phenoxy) is 1. The highest BCUT2D eigenvalue weighted by Gasteiger charge is 2.08. The summed E-state index contributed by atoms with van der Waals surface area (Å²) in [6.45, 7) is 1.26. The minimum atomic E-state index is 0.262. The summed E-state index contributed by atoms with van der Waals surface area (Å²) in [6, 6.07) is 10.2. The first-order valence-electron chi connectivity index (χ1n) is 6.48. The Hall–Kier alpha value is -1.69. The van der Waals surface area contributed by atoms with E-state index in [1.807, 2.05) is 23.6 Å². The lowest BCUT2D eigenvalue weighted by Crippen LogP contribution is -2.05. The molecule has 4 nitrogen and oxygen atoms in total. The standard InChI is InChI=1S/C15H14ClN3OS/c1-20-9-11-5-3-2-4-10(11)8-17-13-12-6-7-21-14(12)19-15(16)18-13/h2-7H,8-9H2,1H3,(H,17,18,19). The molecular weight excluding hydrogens is 306 g/mol. The van der Waals surface area contributed by atoms with Crippen LogP contribution in [0.5, 0.6) is 0 Å². The quantitative estimate of drug-likeness (QED) is 0.719. The van der Waals surface area contributed by atoms with Gasteiger partial charge < -0.3 is 10.1 Å². The summed E-state index contributed by atoms with van der Waals surface area (Å²) in [5.41, 5.74) is 2.34. The van der Waals surface area contributed by atoms with Crippen LogP contribution in [0.2, 0.25) is 5.28 Å². The molecule has 0 saturated carbocycles. The van der Waals surface area contributed by atoms with Crippen LogP contribution in [0.3, 0.4) is 0 Å². The summed E-state index contributed by atoms with van der Waals surface area (Å²) < 4.78 is 5.22. The van der Waals surface area contributed by atoms with Gasteiger partial charge in [-0.05, 0) is 34.2 Å². The van der Waals surface area contributed by atoms with E-state index in [0.29, 0.717) is 13.2 Å². The van der Waals surface area contributed by atoms with Crippen molar-refractivity contribution in [3.63, 3.8) is 0 Å². The van der Waals surface area contributed by atoms with Gasteiger partial charge in [0.1, 0.15) is 10.6 Å². The van der Waals surface area contributed by atoms with Crippen molar-refractivity contribution in [2.24, 2.45) is 0 Å². The number of aromatic nitrogens is 2. The molecule has 0 aliphatic rings. The number of nitrogens with zero attached hydrogens (tertiary/aromatic N) is 2. The van der Waals surface area contributed by atoms with Crippen LogP contribution in [0.15, 0.2) is 35.7 Å². The third-order valence-electron chi connectivity index (χ3n) is 3.16. The van der Waals surface area contributed by atoms with Gasteiger partial charge in [0, 0.05) is 13.7 Å². The third-order valence-corrected chi connectivity index (χ3v) is 4.14. The van der Waals surface area contributed by atoms with Gasteiger partial charge in [0.2, 0.25) is 5.28 Å². The Morgan fingerprint density at radius 1 is 1.19 bits per heavy atom. The molecule has 1 aromatic carbocycles. The molecule has 0 saturated heterocycles. The molecule has 2 heterocycles. The highest BCUT2D eigenvalue weighted by Crippen LogP contribution is 2.27. The first kappa shape index (κ1) is 14.3. The Balaban J connectivity index is 1.85. The molecular formula is C15H14ClN3OS. The molecule has 0 unspecified atom stereocenters. The van der Waals surface area contributed by atoms with Gasteiger partial charge >= 0.3 is 0 Å². The van der Waals surface area contributed by atoms with E-state index >= 15 is 0 Å². The molecule has 0 amide bonds. The average molecular weight is 320 g/mol. The zero-order valence-electron chi connectivity index (χ0n) is 11.5. The number of benzene rings is 1. The van der Waals surface area contributed by atoms with Crippen molar-refractivity contribution in [1.29, 1.82) is 0 Å². The number of halogens is 1. The van der Waals surface area contributed by atoms with Gasteiger partial charge in [-0.25, -0.2) is 9.97 Å². The number of rotatable bonds is 5. The zero-order chi connectivity index (χ0) is 14.7. The van der Waals surface area contributed by atoms with Gasteiger partial charge in [-0.15, -0.1) is 11.3 Å². The van der Waals surface area contributed by atoms with Gasteiger partial charge in [-0.1, -0.05) is 24.3 Å². The third kappa shape index (κ3) is 3.15. The van der Waals surface area contributed by atoms with E-state index < -0.39 is 0 Å². The summed E-state index contributed by atoms with van der Waals surface area (Å²) in [5.74, 6) is 0.762. The van der Waals surface area contributed by atoms with Crippen LogP contribution in [0, 0.1) is 0 Å². The molecule has 21 heavy (non-hydrogen) atoms. The second kappa shape index (κ2) is 6.39. The maximum Gasteiger partial charge on any atom is 0.225 e. The van der Waals surface area contributed by atoms with Crippen LogP contribution in [0.25, 0.3) is 10.2 Å². The topological polar surface area (TPSA) is 47.0 Å². The van der Waals surface area contributed by atoms with E-state index in [4.69, 9.17) is 16.3 Å². The summed E-state index contributed by atoms with van der Waals surface area (Å²) in [5, 5.41) is 6.59. The normalized spacial score (nSPS) is 11.0. The molecule has 108 valence electrons. The van der Waals surface area contributed by atoms with Gasteiger partial charge in [-0.2, -0.15) is 0 Å². The van der Waals surface area contributed by atoms with Crippen molar-refractivity contribution in [2.75, 3.05) is 12.4 Å². The van der Waals surface area contributed by atoms with Crippen molar-refractivity contribution in [3.8, 4) is 0 Å². The minimum Gasteiger partial charge on any atom is -0.380 e. The van der Waals surface area contributed by atoms with E-state index in [9.17, 15) is 0 Å². The largest absolute Gasteiger partial charge is 0.380 e. The predicted octanol–water partition coefficient (Wildman–Crippen LogP) is 4.10. The summed E-state index contributed by atoms with van der Waals surface area (Å²) in [4.78, 5) is 9.39. The molecule has 0 aliphatic carbocycles. The van der Waals surface area contributed by atoms with E-state index in [0.717, 1.165) is 21.6 Å². The molecule has 0 bridgehead atoms. The molecule has 3 rings (SSSR count). The number of thiophene rings is 1. The summed E-state index contributed by atoms with van der Waals surface area (Å²) in [6.07, 6.45) is 0. The van der Waals surface area contributed by atoms with E-state index in [1.54, 1.807) is 18.4 Å². The Kier molecular flexibility index (Phi) is 4.34. The number of hydrogen-bond donors (Lipinski definition) is 1. The number of methoxy groups -OCH3 is 1. The van der Waals surface area contributed by atoms with Crippen molar-refractivity contribution >= 4 is 39.0 Å². The fourth-order valence-electron chi connectivity index (χ4n) is 2.17. The lowest BCUT2D eigenvalue weighted by atomic mass is 10.1. The van der Waals surface area contributed by atoms with Crippen LogP contribution >= 0.6 is 22.9 Å². The van der Waals surface area contributed by atoms with Crippen LogP contribution in [-0.4, -0.2) is 17.1 Å². The highest BCUT2D eigenvalue weighted by atomic mass is 35.5. The van der Waals surface area contributed by atoms with Gasteiger partial charge in [0.15, 0.2) is 0 Å². The first-order valence-corrected chi connectivity index (χ1v) is 7.74. The van der Waals surface area contributed by atoms with Crippen molar-refractivity contribution in [2.45, 2.75) is 13.2 Å². The Morgan fingerprint density at radius 2 is 2.00 bits per heavy atom. The number of hydrogen-bond acceptors (Lipinski definition) is 5. The number of fused-ring (bicyclic) bond motifs is 1. The van der Waals surface area contributed by atoms with Crippen LogP contribution < -0.4 is 5.32 Å². The van der Waals surface area contributed by atoms with Crippen molar-refractivity contribution in [1.82, 2.24) is 9.97 Å². The Morgan fingerprint density at radius 3 is 2.81 bits per heavy atom. The average Bonchev–Trinajstić information content (AvgIpc) is 2.94. The van der Waals surface area contributed by atoms with Gasteiger partial charge in [-0.3, -0.25) is 0 Å². The highest BCUT2D eigenvalue weighted by molar-refractivity contribution is 7.16. The summed E-state index contributed by atoms with van der Waals surface area (Å²) >= 11 is 7.52. The number of nitrogens with one attached hydrogen (secondary N) is 1. The molecule has 2 aromatic heterocycles. The second-order valence-corrected chi connectivity index (χ2v) is 5.77. The van der Waals surface area contributed by atoms with Gasteiger partial charge in [0.25, 0.3) is 0 Å². The number of anilines is 1. The van der Waals surface area contributed by atoms with Crippen molar-refractivity contribution in [3.05, 3.63) is 52.1 Å². The van der Waals surface area contributed by atoms with Crippen LogP contribution in [0.4, 0.5) is 5.82 Å². The maximum atomic E-state index is 5.97. The molecule has 0 atom stereocenters. The van der Waals surface area contributed by atoms with E-state index in [2.05, 4.69) is 27.4 Å². The maximum absolute atomic E-state index is 5.97. The molecule has 0 radical (unpaired) electrons. The minimum absolute atomic E-state index is 0.262. The fraction of sp³-hybridized carbons (Fsp3) is 0.200. The van der Waals surface area contributed by atoms with Crippen molar-refractivity contribution < 1.29 is 4.74 Å². The molecule has 0 fully saturated rings. The van der Waals surface area contributed by atoms with Crippen LogP contribution in [0.1, 0.15) is 11.1 Å². The Labute approximate surface area is 131 Å². The lowest BCUT2D eigenvalue weighted by molar-refractivity contribution is 0.184. The van der Waals surface area contributed by atoms with Gasteiger partial charge in [0.05, 0.1) is 12.0 Å². The second-order valence-electron chi connectivity index (χ2n) is 4.54. The SMILES string of the molecule is COCc1ccccc1CNc1nc(Cl)nc2sccc12. The van der Waals surface area contributed by atoms with E-state index in [1.165, 1.54) is 5.56 Å². The summed E-state index contributed by atoms with van der Waals surface area (Å²) in [7, 11) is 1.70.